The molecule has 2 fully saturated rings. The summed E-state index contributed by atoms with van der Waals surface area (Å²) in [6.07, 6.45) is 6.77. The van der Waals surface area contributed by atoms with Gasteiger partial charge in [-0.05, 0) is 145 Å². The predicted octanol–water partition coefficient (Wildman–Crippen LogP) is 8.23. The number of rotatable bonds is 17. The molecular formula is C60H75F2KN14O3Si. The van der Waals surface area contributed by atoms with E-state index < -0.39 is 8.07 Å². The fourth-order valence-electron chi connectivity index (χ4n) is 9.54. The van der Waals surface area contributed by atoms with E-state index in [2.05, 4.69) is 92.8 Å². The molecule has 21 heteroatoms. The number of carbonyl (C=O) groups excluding carboxylic acids is 2. The Balaban J connectivity index is 0.000000235. The summed E-state index contributed by atoms with van der Waals surface area (Å²) in [7, 11) is 3.00. The average molecular weight is 1150 g/mol. The Labute approximate surface area is 519 Å². The first-order valence-electron chi connectivity index (χ1n) is 27.4. The quantitative estimate of drug-likeness (QED) is 0.0595. The SMILES string of the molecule is CC(C)n1cnc(-c2ccc(F)cc2)c1-c1nc(C(=O)Nc2ccc(N3CCN(C)CC3)cc2)cn1COCC[Si](C)(C)C.CC(C)n1cnc(-c2ccc(F)cc2)c1-c1ncc(C(=O)Nc2ccc(N3CCN(C)CC3)cc2)[nH]1.[H-].[K+]. The van der Waals surface area contributed by atoms with Crippen molar-refractivity contribution < 1.29 is 75.9 Å². The van der Waals surface area contributed by atoms with Crippen LogP contribution in [0.15, 0.2) is 122 Å². The van der Waals surface area contributed by atoms with Crippen LogP contribution in [0.1, 0.15) is 62.2 Å². The van der Waals surface area contributed by atoms with Crippen molar-refractivity contribution in [1.82, 2.24) is 48.4 Å². The molecule has 0 saturated carbocycles. The van der Waals surface area contributed by atoms with E-state index in [4.69, 9.17) is 14.7 Å². The third kappa shape index (κ3) is 15.5. The number of aromatic amines is 1. The van der Waals surface area contributed by atoms with E-state index in [9.17, 15) is 18.4 Å². The Morgan fingerprint density at radius 1 is 0.642 bits per heavy atom. The molecule has 2 saturated heterocycles. The third-order valence-corrected chi connectivity index (χ3v) is 16.1. The number of nitrogens with zero attached hydrogens (tertiary/aromatic N) is 11. The number of aromatic nitrogens is 8. The summed E-state index contributed by atoms with van der Waals surface area (Å²) in [5.74, 6) is -0.114. The molecule has 3 N–H and O–H groups in total. The number of piperazine rings is 2. The second-order valence-electron chi connectivity index (χ2n) is 22.4. The fraction of sp³-hybridized carbons (Fsp3) is 0.367. The summed E-state index contributed by atoms with van der Waals surface area (Å²) < 4.78 is 39.3. The van der Waals surface area contributed by atoms with Gasteiger partial charge in [0.05, 0.1) is 30.2 Å². The van der Waals surface area contributed by atoms with Crippen molar-refractivity contribution in [3.63, 3.8) is 0 Å². The monoisotopic (exact) mass is 1140 g/mol. The molecule has 6 heterocycles. The molecule has 2 amide bonds. The molecule has 422 valence electrons. The van der Waals surface area contributed by atoms with Crippen molar-refractivity contribution in [3.8, 4) is 45.6 Å². The second-order valence-corrected chi connectivity index (χ2v) is 28.0. The minimum atomic E-state index is -1.28. The smallest absolute Gasteiger partial charge is 1.00 e. The fourth-order valence-corrected chi connectivity index (χ4v) is 10.3. The summed E-state index contributed by atoms with van der Waals surface area (Å²) in [5.41, 5.74) is 8.70. The van der Waals surface area contributed by atoms with Crippen LogP contribution in [0.2, 0.25) is 25.7 Å². The van der Waals surface area contributed by atoms with Gasteiger partial charge in [-0.1, -0.05) is 19.6 Å². The molecule has 2 aliphatic heterocycles. The van der Waals surface area contributed by atoms with Gasteiger partial charge in [0.2, 0.25) is 0 Å². The molecular weight excluding hydrogens is 1070 g/mol. The normalized spacial score (nSPS) is 14.2. The Hall–Kier alpha value is -6.15. The van der Waals surface area contributed by atoms with E-state index in [1.165, 1.54) is 30.5 Å². The number of carbonyl (C=O) groups is 2. The van der Waals surface area contributed by atoms with Gasteiger partial charge in [-0.3, -0.25) is 9.59 Å². The molecule has 10 rings (SSSR count). The molecule has 0 radical (unpaired) electrons. The van der Waals surface area contributed by atoms with Crippen molar-refractivity contribution in [2.24, 2.45) is 0 Å². The maximum atomic E-state index is 13.8. The number of ether oxygens (including phenoxy) is 1. The Morgan fingerprint density at radius 3 is 1.57 bits per heavy atom. The number of amides is 2. The average Bonchev–Trinajstić information content (AvgIpc) is 4.39. The molecule has 4 aromatic carbocycles. The third-order valence-electron chi connectivity index (χ3n) is 14.4. The molecule has 17 nitrogen and oxygen atoms in total. The van der Waals surface area contributed by atoms with Gasteiger partial charge >= 0.3 is 51.4 Å². The molecule has 0 spiro atoms. The van der Waals surface area contributed by atoms with Crippen molar-refractivity contribution in [3.05, 3.63) is 145 Å². The Kier molecular flexibility index (Phi) is 20.5. The molecule has 4 aromatic heterocycles. The van der Waals surface area contributed by atoms with Gasteiger partial charge in [0.1, 0.15) is 41.1 Å². The minimum absolute atomic E-state index is 0. The van der Waals surface area contributed by atoms with Crippen LogP contribution < -0.4 is 71.8 Å². The summed E-state index contributed by atoms with van der Waals surface area (Å²) in [6.45, 7) is 24.1. The van der Waals surface area contributed by atoms with Crippen molar-refractivity contribution >= 4 is 42.6 Å². The summed E-state index contributed by atoms with van der Waals surface area (Å²) in [5, 5.41) is 5.96. The van der Waals surface area contributed by atoms with Crippen LogP contribution in [-0.2, 0) is 11.5 Å². The number of benzene rings is 4. The van der Waals surface area contributed by atoms with E-state index >= 15 is 0 Å². The zero-order chi connectivity index (χ0) is 56.7. The van der Waals surface area contributed by atoms with Crippen LogP contribution in [0.4, 0.5) is 31.5 Å². The Morgan fingerprint density at radius 2 is 1.10 bits per heavy atom. The summed E-state index contributed by atoms with van der Waals surface area (Å²) in [6, 6.07) is 29.6. The molecule has 0 unspecified atom stereocenters. The number of anilines is 4. The second kappa shape index (κ2) is 27.3. The largest absolute Gasteiger partial charge is 1.00 e. The molecule has 81 heavy (non-hydrogen) atoms. The standard InChI is InChI=1S/C33H44FN7O2Si.C27H30FN7O.K.H/c1-24(2)41-22-35-30(25-7-9-26(34)10-8-25)31(41)32-37-29(21-40(32)23-43-19-20-44(4,5)6)33(42)36-27-11-13-28(14-12-27)39-17-15-38(3)16-18-39;1-18(2)35-17-30-24(19-4-6-20(28)7-5-19)25(35)26-29-16-23(32-26)27(36)31-21-8-10-22(11-9-21)34-14-12-33(3)13-15-34;;/h7-14,21-22,24H,15-20,23H2,1-6H3,(H,36,42);4-11,16-18H,12-15H2,1-3H3,(H,29,32)(H,31,36);;/q;;+1;-1. The molecule has 0 atom stereocenters. The maximum Gasteiger partial charge on any atom is 1.00 e. The minimum Gasteiger partial charge on any atom is -1.00 e. The number of halogens is 2. The number of imidazole rings is 4. The van der Waals surface area contributed by atoms with Gasteiger partial charge < -0.3 is 55.1 Å². The number of hydrogen-bond acceptors (Lipinski definition) is 11. The van der Waals surface area contributed by atoms with Crippen LogP contribution >= 0.6 is 0 Å². The van der Waals surface area contributed by atoms with E-state index in [0.717, 1.165) is 92.3 Å². The van der Waals surface area contributed by atoms with E-state index in [1.807, 2.05) is 76.1 Å². The Bertz CT molecular complexity index is 3340. The van der Waals surface area contributed by atoms with E-state index in [1.54, 1.807) is 43.1 Å². The van der Waals surface area contributed by atoms with Gasteiger partial charge in [0.15, 0.2) is 11.6 Å². The topological polar surface area (TPSA) is 163 Å². The van der Waals surface area contributed by atoms with Crippen LogP contribution in [0.3, 0.4) is 0 Å². The first-order valence-corrected chi connectivity index (χ1v) is 31.1. The maximum absolute atomic E-state index is 13.8. The van der Waals surface area contributed by atoms with Crippen molar-refractivity contribution in [2.45, 2.75) is 72.2 Å². The van der Waals surface area contributed by atoms with Gasteiger partial charge in [-0.15, -0.1) is 0 Å². The van der Waals surface area contributed by atoms with Gasteiger partial charge in [-0.25, -0.2) is 28.7 Å². The first kappa shape index (κ1) is 60.9. The predicted molar refractivity (Wildman–Crippen MR) is 318 cm³/mol. The summed E-state index contributed by atoms with van der Waals surface area (Å²) in [4.78, 5) is 57.6. The van der Waals surface area contributed by atoms with Crippen LogP contribution in [0.5, 0.6) is 0 Å². The van der Waals surface area contributed by atoms with Crippen LogP contribution in [0, 0.1) is 11.6 Å². The molecule has 8 aromatic rings. The molecule has 0 bridgehead atoms. The zero-order valence-corrected chi connectivity index (χ0v) is 52.5. The van der Waals surface area contributed by atoms with E-state index in [-0.39, 0.29) is 101 Å². The van der Waals surface area contributed by atoms with Crippen molar-refractivity contribution in [2.75, 3.05) is 93.5 Å². The number of likely N-dealkylation sites (N-methyl/N-ethyl adjacent to an activating group) is 2. The van der Waals surface area contributed by atoms with Gasteiger partial charge in [0, 0.05) is 119 Å². The van der Waals surface area contributed by atoms with Crippen LogP contribution in [0.25, 0.3) is 45.6 Å². The molecule has 0 aliphatic carbocycles. The first-order chi connectivity index (χ1) is 38.4. The number of H-pyrrole nitrogens is 1. The van der Waals surface area contributed by atoms with E-state index in [0.29, 0.717) is 46.7 Å². The van der Waals surface area contributed by atoms with Crippen LogP contribution in [-0.4, -0.2) is 141 Å². The number of hydrogen-bond donors (Lipinski definition) is 3. The van der Waals surface area contributed by atoms with Gasteiger partial charge in [-0.2, -0.15) is 0 Å². The molecule has 2 aliphatic rings. The zero-order valence-electron chi connectivity index (χ0n) is 49.4. The number of nitrogens with one attached hydrogen (secondary N) is 3. The van der Waals surface area contributed by atoms with Crippen molar-refractivity contribution in [1.29, 1.82) is 0 Å². The van der Waals surface area contributed by atoms with Gasteiger partial charge in [0.25, 0.3) is 11.8 Å². The summed E-state index contributed by atoms with van der Waals surface area (Å²) >= 11 is 0.